The second kappa shape index (κ2) is 4.97. The minimum Gasteiger partial charge on any atom is -0.350 e. The predicted molar refractivity (Wildman–Crippen MR) is 89.5 cm³/mol. The van der Waals surface area contributed by atoms with E-state index in [0.29, 0.717) is 16.9 Å². The molecule has 0 radical (unpaired) electrons. The fourth-order valence-corrected chi connectivity index (χ4v) is 4.38. The van der Waals surface area contributed by atoms with Crippen molar-refractivity contribution in [2.75, 3.05) is 5.32 Å². The van der Waals surface area contributed by atoms with E-state index < -0.39 is 0 Å². The number of nitrogens with zero attached hydrogens (tertiary/aromatic N) is 3. The minimum absolute atomic E-state index is 0.363. The molecule has 0 amide bonds. The van der Waals surface area contributed by atoms with Crippen molar-refractivity contribution in [3.05, 3.63) is 22.8 Å². The molecule has 21 heavy (non-hydrogen) atoms. The highest BCUT2D eigenvalue weighted by Crippen LogP contribution is 2.46. The van der Waals surface area contributed by atoms with Gasteiger partial charge < -0.3 is 5.32 Å². The summed E-state index contributed by atoms with van der Waals surface area (Å²) in [4.78, 5) is 4.56. The Morgan fingerprint density at radius 3 is 2.52 bits per heavy atom. The van der Waals surface area contributed by atoms with Crippen LogP contribution in [0.2, 0.25) is 0 Å². The zero-order valence-electron chi connectivity index (χ0n) is 13.2. The monoisotopic (exact) mass is 350 g/mol. The number of halogens is 1. The molecular weight excluding hydrogens is 328 g/mol. The quantitative estimate of drug-likeness (QED) is 0.866. The Labute approximate surface area is 134 Å². The maximum Gasteiger partial charge on any atom is 0.243 e. The summed E-state index contributed by atoms with van der Waals surface area (Å²) in [7, 11) is 0. The fraction of sp³-hybridized carbons (Fsp3) is 0.625. The molecule has 0 bridgehead atoms. The average Bonchev–Trinajstić information content (AvgIpc) is 2.65. The summed E-state index contributed by atoms with van der Waals surface area (Å²) in [5, 5.41) is 8.07. The van der Waals surface area contributed by atoms with Gasteiger partial charge in [0.05, 0.1) is 0 Å². The lowest BCUT2D eigenvalue weighted by Crippen LogP contribution is -2.40. The van der Waals surface area contributed by atoms with Crippen LogP contribution in [0.25, 0.3) is 5.65 Å². The van der Waals surface area contributed by atoms with Gasteiger partial charge in [0.1, 0.15) is 0 Å². The van der Waals surface area contributed by atoms with Crippen molar-refractivity contribution < 1.29 is 0 Å². The topological polar surface area (TPSA) is 42.2 Å². The lowest BCUT2D eigenvalue weighted by Gasteiger charge is -2.45. The van der Waals surface area contributed by atoms with Gasteiger partial charge in [0, 0.05) is 16.7 Å². The number of hydrogen-bond donors (Lipinski definition) is 1. The van der Waals surface area contributed by atoms with Gasteiger partial charge in [-0.2, -0.15) is 4.98 Å². The van der Waals surface area contributed by atoms with Crippen molar-refractivity contribution in [3.8, 4) is 0 Å². The van der Waals surface area contributed by atoms with Crippen LogP contribution in [-0.2, 0) is 0 Å². The van der Waals surface area contributed by atoms with Crippen LogP contribution < -0.4 is 5.32 Å². The van der Waals surface area contributed by atoms with Crippen molar-refractivity contribution in [2.45, 2.75) is 53.0 Å². The predicted octanol–water partition coefficient (Wildman–Crippen LogP) is 4.51. The van der Waals surface area contributed by atoms with Crippen LogP contribution in [0.3, 0.4) is 0 Å². The molecule has 0 unspecified atom stereocenters. The Morgan fingerprint density at radius 2 is 1.86 bits per heavy atom. The summed E-state index contributed by atoms with van der Waals surface area (Å²) in [5.41, 5.74) is 1.60. The SMILES string of the molecule is CC1(C)CC(Nc2nc3ccc(Br)cn3n2)CC(C)(C)C1. The molecule has 2 aromatic rings. The number of aromatic nitrogens is 3. The maximum absolute atomic E-state index is 4.56. The van der Waals surface area contributed by atoms with Gasteiger partial charge in [-0.1, -0.05) is 27.7 Å². The molecule has 0 aromatic carbocycles. The summed E-state index contributed by atoms with van der Waals surface area (Å²) in [6.45, 7) is 9.43. The van der Waals surface area contributed by atoms with Crippen LogP contribution in [0.15, 0.2) is 22.8 Å². The van der Waals surface area contributed by atoms with Crippen molar-refractivity contribution >= 4 is 27.5 Å². The summed E-state index contributed by atoms with van der Waals surface area (Å²) < 4.78 is 2.82. The van der Waals surface area contributed by atoms with Crippen molar-refractivity contribution in [1.82, 2.24) is 14.6 Å². The molecular formula is C16H23BrN4. The largest absolute Gasteiger partial charge is 0.350 e. The summed E-state index contributed by atoms with van der Waals surface area (Å²) in [5.74, 6) is 0.728. The third kappa shape index (κ3) is 3.39. The van der Waals surface area contributed by atoms with Crippen molar-refractivity contribution in [3.63, 3.8) is 0 Å². The average molecular weight is 351 g/mol. The van der Waals surface area contributed by atoms with E-state index in [1.165, 1.54) is 6.42 Å². The number of anilines is 1. The Balaban J connectivity index is 1.81. The molecule has 5 heteroatoms. The van der Waals surface area contributed by atoms with Gasteiger partial charge in [0.2, 0.25) is 5.95 Å². The first-order valence-electron chi connectivity index (χ1n) is 7.51. The van der Waals surface area contributed by atoms with E-state index >= 15 is 0 Å². The van der Waals surface area contributed by atoms with E-state index in [-0.39, 0.29) is 0 Å². The molecule has 0 atom stereocenters. The van der Waals surface area contributed by atoms with Crippen LogP contribution in [0, 0.1) is 10.8 Å². The number of rotatable bonds is 2. The Morgan fingerprint density at radius 1 is 1.19 bits per heavy atom. The Kier molecular flexibility index (Phi) is 3.51. The van der Waals surface area contributed by atoms with Gasteiger partial charge in [-0.15, -0.1) is 5.10 Å². The zero-order valence-corrected chi connectivity index (χ0v) is 14.7. The van der Waals surface area contributed by atoms with Gasteiger partial charge in [-0.3, -0.25) is 0 Å². The molecule has 2 aromatic heterocycles. The molecule has 1 fully saturated rings. The van der Waals surface area contributed by atoms with Gasteiger partial charge in [-0.25, -0.2) is 4.52 Å². The second-order valence-corrected chi connectivity index (χ2v) is 8.76. The van der Waals surface area contributed by atoms with E-state index in [9.17, 15) is 0 Å². The van der Waals surface area contributed by atoms with E-state index in [1.54, 1.807) is 0 Å². The first-order valence-corrected chi connectivity index (χ1v) is 8.30. The van der Waals surface area contributed by atoms with Crippen molar-refractivity contribution in [1.29, 1.82) is 0 Å². The van der Waals surface area contributed by atoms with E-state index in [1.807, 2.05) is 22.8 Å². The number of nitrogens with one attached hydrogen (secondary N) is 1. The molecule has 1 saturated carbocycles. The number of hydrogen-bond acceptors (Lipinski definition) is 3. The Bertz CT molecular complexity index is 643. The van der Waals surface area contributed by atoms with Crippen LogP contribution in [-0.4, -0.2) is 20.6 Å². The zero-order chi connectivity index (χ0) is 15.3. The van der Waals surface area contributed by atoms with Gasteiger partial charge in [0.25, 0.3) is 0 Å². The number of pyridine rings is 1. The highest BCUT2D eigenvalue weighted by Gasteiger charge is 2.38. The molecule has 0 saturated heterocycles. The summed E-state index contributed by atoms with van der Waals surface area (Å²) >= 11 is 3.46. The molecule has 2 heterocycles. The molecule has 1 aliphatic rings. The molecule has 3 rings (SSSR count). The summed E-state index contributed by atoms with van der Waals surface area (Å²) in [6.07, 6.45) is 5.53. The molecule has 1 aliphatic carbocycles. The Hall–Kier alpha value is -1.10. The maximum atomic E-state index is 4.56. The van der Waals surface area contributed by atoms with Gasteiger partial charge in [-0.05, 0) is 58.2 Å². The third-order valence-electron chi connectivity index (χ3n) is 4.18. The first kappa shape index (κ1) is 14.8. The van der Waals surface area contributed by atoms with E-state index in [0.717, 1.165) is 28.9 Å². The van der Waals surface area contributed by atoms with Crippen molar-refractivity contribution in [2.24, 2.45) is 10.8 Å². The lowest BCUT2D eigenvalue weighted by atomic mass is 9.63. The van der Waals surface area contributed by atoms with Gasteiger partial charge >= 0.3 is 0 Å². The normalized spacial score (nSPS) is 21.6. The lowest BCUT2D eigenvalue weighted by molar-refractivity contribution is 0.105. The second-order valence-electron chi connectivity index (χ2n) is 7.84. The van der Waals surface area contributed by atoms with Gasteiger partial charge in [0.15, 0.2) is 5.65 Å². The third-order valence-corrected chi connectivity index (χ3v) is 4.65. The molecule has 1 N–H and O–H groups in total. The minimum atomic E-state index is 0.363. The molecule has 114 valence electrons. The number of fused-ring (bicyclic) bond motifs is 1. The van der Waals surface area contributed by atoms with Crippen LogP contribution in [0.4, 0.5) is 5.95 Å². The highest BCUT2D eigenvalue weighted by molar-refractivity contribution is 9.10. The van der Waals surface area contributed by atoms with E-state index in [2.05, 4.69) is 59.0 Å². The molecule has 4 nitrogen and oxygen atoms in total. The summed E-state index contributed by atoms with van der Waals surface area (Å²) in [6, 6.07) is 4.39. The first-order chi connectivity index (χ1) is 9.72. The highest BCUT2D eigenvalue weighted by atomic mass is 79.9. The molecule has 0 spiro atoms. The smallest absolute Gasteiger partial charge is 0.243 e. The molecule has 0 aliphatic heterocycles. The standard InChI is InChI=1S/C16H23BrN4/c1-15(2)7-12(8-16(3,4)10-15)18-14-19-13-6-5-11(17)9-21(13)20-14/h5-6,9,12H,7-8,10H2,1-4H3,(H,18,20). The fourth-order valence-electron chi connectivity index (χ4n) is 4.05. The van der Waals surface area contributed by atoms with Crippen LogP contribution >= 0.6 is 15.9 Å². The van der Waals surface area contributed by atoms with Crippen LogP contribution in [0.1, 0.15) is 47.0 Å². The van der Waals surface area contributed by atoms with E-state index in [4.69, 9.17) is 0 Å². The van der Waals surface area contributed by atoms with Crippen LogP contribution in [0.5, 0.6) is 0 Å².